The van der Waals surface area contributed by atoms with Crippen LogP contribution < -0.4 is 15.4 Å². The van der Waals surface area contributed by atoms with Crippen molar-refractivity contribution in [1.29, 1.82) is 0 Å². The van der Waals surface area contributed by atoms with Crippen molar-refractivity contribution < 1.29 is 22.7 Å². The molecule has 0 saturated heterocycles. The topological polar surface area (TPSA) is 143 Å². The summed E-state index contributed by atoms with van der Waals surface area (Å²) >= 11 is 0. The number of carbonyl (C=O) groups excluding carboxylic acids is 2. The third-order valence-electron chi connectivity index (χ3n) is 5.44. The Labute approximate surface area is 201 Å². The van der Waals surface area contributed by atoms with E-state index in [1.54, 1.807) is 42.6 Å². The van der Waals surface area contributed by atoms with E-state index >= 15 is 0 Å². The number of aromatic nitrogens is 3. The molecule has 2 aromatic carbocycles. The molecule has 0 atom stereocenters. The molecule has 3 N–H and O–H groups in total. The number of H-pyrrole nitrogens is 1. The van der Waals surface area contributed by atoms with Gasteiger partial charge in [0.15, 0.2) is 15.5 Å². The maximum absolute atomic E-state index is 13.0. The smallest absolute Gasteiger partial charge is 0.272 e. The second-order valence-corrected chi connectivity index (χ2v) is 9.74. The molecule has 4 rings (SSSR count). The molecule has 0 fully saturated rings. The predicted octanol–water partition coefficient (Wildman–Crippen LogP) is 2.33. The lowest BCUT2D eigenvalue weighted by Crippen LogP contribution is -2.24. The standard InChI is InChI=1S/C24H23N5O5S/c1-25-23(31)21-17-9-8-14(11-19(17)28-29-21)16-10-18(24(34-2)27-13-16)22(30)26-12-15-6-4-5-7-20(15)35(3,32)33/h4-11,13H,12H2,1-3H3,(H,25,31)(H,26,30)(H,28,29). The maximum atomic E-state index is 13.0. The number of rotatable bonds is 7. The number of benzene rings is 2. The van der Waals surface area contributed by atoms with Crippen molar-refractivity contribution in [3.63, 3.8) is 0 Å². The van der Waals surface area contributed by atoms with Gasteiger partial charge in [-0.1, -0.05) is 24.3 Å². The molecule has 10 nitrogen and oxygen atoms in total. The van der Waals surface area contributed by atoms with E-state index in [1.165, 1.54) is 20.2 Å². The van der Waals surface area contributed by atoms with Crippen LogP contribution in [0.15, 0.2) is 59.6 Å². The number of aromatic amines is 1. The summed E-state index contributed by atoms with van der Waals surface area (Å²) in [6.45, 7) is 0.0117. The van der Waals surface area contributed by atoms with Gasteiger partial charge in [-0.2, -0.15) is 5.10 Å². The van der Waals surface area contributed by atoms with E-state index < -0.39 is 15.7 Å². The normalized spacial score (nSPS) is 11.3. The number of fused-ring (bicyclic) bond motifs is 1. The first-order valence-electron chi connectivity index (χ1n) is 10.5. The van der Waals surface area contributed by atoms with Crippen LogP contribution in [0.4, 0.5) is 0 Å². The summed E-state index contributed by atoms with van der Waals surface area (Å²) < 4.78 is 29.4. The Balaban J connectivity index is 1.63. The molecule has 180 valence electrons. The van der Waals surface area contributed by atoms with Gasteiger partial charge in [-0.15, -0.1) is 0 Å². The largest absolute Gasteiger partial charge is 0.480 e. The summed E-state index contributed by atoms with van der Waals surface area (Å²) in [6.07, 6.45) is 2.70. The third-order valence-corrected chi connectivity index (χ3v) is 6.64. The van der Waals surface area contributed by atoms with Crippen molar-refractivity contribution in [2.24, 2.45) is 0 Å². The van der Waals surface area contributed by atoms with Crippen molar-refractivity contribution in [2.45, 2.75) is 11.4 Å². The molecule has 2 aromatic heterocycles. The van der Waals surface area contributed by atoms with Gasteiger partial charge < -0.3 is 15.4 Å². The lowest BCUT2D eigenvalue weighted by atomic mass is 10.0. The number of pyridine rings is 1. The van der Waals surface area contributed by atoms with E-state index in [4.69, 9.17) is 4.74 Å². The fourth-order valence-electron chi connectivity index (χ4n) is 3.71. The van der Waals surface area contributed by atoms with Gasteiger partial charge in [0.2, 0.25) is 5.88 Å². The quantitative estimate of drug-likeness (QED) is 0.358. The van der Waals surface area contributed by atoms with E-state index in [0.717, 1.165) is 11.8 Å². The first-order chi connectivity index (χ1) is 16.7. The van der Waals surface area contributed by atoms with Crippen LogP contribution in [0.1, 0.15) is 26.4 Å². The Hall–Kier alpha value is -4.25. The van der Waals surface area contributed by atoms with Gasteiger partial charge in [0.1, 0.15) is 5.56 Å². The maximum Gasteiger partial charge on any atom is 0.272 e. The van der Waals surface area contributed by atoms with Gasteiger partial charge >= 0.3 is 0 Å². The molecule has 0 bridgehead atoms. The summed E-state index contributed by atoms with van der Waals surface area (Å²) in [4.78, 5) is 29.4. The Morgan fingerprint density at radius 3 is 2.54 bits per heavy atom. The number of carbonyl (C=O) groups is 2. The van der Waals surface area contributed by atoms with Gasteiger partial charge in [0.25, 0.3) is 11.8 Å². The zero-order chi connectivity index (χ0) is 25.2. The zero-order valence-corrected chi connectivity index (χ0v) is 20.1. The van der Waals surface area contributed by atoms with Crippen LogP contribution in [-0.4, -0.2) is 55.8 Å². The zero-order valence-electron chi connectivity index (χ0n) is 19.2. The highest BCUT2D eigenvalue weighted by Crippen LogP contribution is 2.28. The minimum Gasteiger partial charge on any atom is -0.480 e. The van der Waals surface area contributed by atoms with E-state index in [9.17, 15) is 18.0 Å². The molecule has 0 aliphatic rings. The monoisotopic (exact) mass is 493 g/mol. The first kappa shape index (κ1) is 23.9. The number of ether oxygens (including phenoxy) is 1. The second-order valence-electron chi connectivity index (χ2n) is 7.76. The van der Waals surface area contributed by atoms with Crippen molar-refractivity contribution in [3.05, 3.63) is 71.5 Å². The van der Waals surface area contributed by atoms with Crippen LogP contribution in [-0.2, 0) is 16.4 Å². The van der Waals surface area contributed by atoms with Crippen LogP contribution in [0.5, 0.6) is 5.88 Å². The fraction of sp³-hybridized carbons (Fsp3) is 0.167. The molecule has 0 spiro atoms. The molecule has 35 heavy (non-hydrogen) atoms. The molecule has 4 aromatic rings. The Morgan fingerprint density at radius 1 is 1.06 bits per heavy atom. The molecule has 2 amide bonds. The van der Waals surface area contributed by atoms with Crippen LogP contribution in [0.3, 0.4) is 0 Å². The molecule has 0 saturated carbocycles. The summed E-state index contributed by atoms with van der Waals surface area (Å²) in [5.41, 5.74) is 3.00. The van der Waals surface area contributed by atoms with Crippen LogP contribution in [0.25, 0.3) is 22.0 Å². The van der Waals surface area contributed by atoms with Gasteiger partial charge in [0.05, 0.1) is 17.5 Å². The Morgan fingerprint density at radius 2 is 1.83 bits per heavy atom. The summed E-state index contributed by atoms with van der Waals surface area (Å²) in [6, 6.07) is 13.5. The van der Waals surface area contributed by atoms with Gasteiger partial charge in [0, 0.05) is 37.0 Å². The highest BCUT2D eigenvalue weighted by Gasteiger charge is 2.18. The van der Waals surface area contributed by atoms with Gasteiger partial charge in [-0.3, -0.25) is 14.7 Å². The average molecular weight is 494 g/mol. The highest BCUT2D eigenvalue weighted by atomic mass is 32.2. The third kappa shape index (κ3) is 4.85. The van der Waals surface area contributed by atoms with Crippen LogP contribution in [0.2, 0.25) is 0 Å². The lowest BCUT2D eigenvalue weighted by molar-refractivity contribution is 0.0943. The SMILES string of the molecule is CNC(=O)c1n[nH]c2cc(-c3cnc(OC)c(C(=O)NCc4ccccc4S(C)(=O)=O)c3)ccc12. The van der Waals surface area contributed by atoms with Crippen molar-refractivity contribution in [3.8, 4) is 17.0 Å². The number of nitrogens with zero attached hydrogens (tertiary/aromatic N) is 2. The van der Waals surface area contributed by atoms with Crippen molar-refractivity contribution >= 4 is 32.6 Å². The minimum absolute atomic E-state index is 0.0117. The van der Waals surface area contributed by atoms with Crippen LogP contribution in [0, 0.1) is 0 Å². The average Bonchev–Trinajstić information content (AvgIpc) is 3.29. The molecule has 0 radical (unpaired) electrons. The minimum atomic E-state index is -3.45. The summed E-state index contributed by atoms with van der Waals surface area (Å²) in [5, 5.41) is 12.9. The van der Waals surface area contributed by atoms with E-state index in [-0.39, 0.29) is 34.5 Å². The molecule has 0 aliphatic heterocycles. The van der Waals surface area contributed by atoms with Crippen molar-refractivity contribution in [1.82, 2.24) is 25.8 Å². The van der Waals surface area contributed by atoms with Gasteiger partial charge in [-0.25, -0.2) is 13.4 Å². The molecular formula is C24H23N5O5S. The van der Waals surface area contributed by atoms with Crippen molar-refractivity contribution in [2.75, 3.05) is 20.4 Å². The lowest BCUT2D eigenvalue weighted by Gasteiger charge is -2.12. The first-order valence-corrected chi connectivity index (χ1v) is 12.4. The Kier molecular flexibility index (Phi) is 6.52. The summed E-state index contributed by atoms with van der Waals surface area (Å²) in [7, 11) is -0.501. The molecule has 0 unspecified atom stereocenters. The predicted molar refractivity (Wildman–Crippen MR) is 130 cm³/mol. The summed E-state index contributed by atoms with van der Waals surface area (Å²) in [5.74, 6) is -0.636. The van der Waals surface area contributed by atoms with E-state index in [1.807, 2.05) is 6.07 Å². The van der Waals surface area contributed by atoms with E-state index in [0.29, 0.717) is 22.0 Å². The number of hydrogen-bond acceptors (Lipinski definition) is 7. The molecule has 0 aliphatic carbocycles. The molecule has 2 heterocycles. The number of amides is 2. The number of sulfone groups is 1. The van der Waals surface area contributed by atoms with Crippen LogP contribution >= 0.6 is 0 Å². The second kappa shape index (κ2) is 9.55. The molecule has 11 heteroatoms. The highest BCUT2D eigenvalue weighted by molar-refractivity contribution is 7.90. The molecular weight excluding hydrogens is 470 g/mol. The van der Waals surface area contributed by atoms with E-state index in [2.05, 4.69) is 25.8 Å². The Bertz CT molecular complexity index is 1550. The number of nitrogens with one attached hydrogen (secondary N) is 3. The van der Waals surface area contributed by atoms with Gasteiger partial charge in [-0.05, 0) is 35.4 Å². The fourth-order valence-corrected chi connectivity index (χ4v) is 4.65. The number of methoxy groups -OCH3 is 1. The number of hydrogen-bond donors (Lipinski definition) is 3.